The van der Waals surface area contributed by atoms with Crippen LogP contribution in [-0.4, -0.2) is 11.7 Å². The molecule has 0 radical (unpaired) electrons. The molecule has 1 N–H and O–H groups in total. The zero-order chi connectivity index (χ0) is 14.5. The number of halogens is 2. The van der Waals surface area contributed by atoms with Gasteiger partial charge in [0, 0.05) is 15.9 Å². The first-order valence-electron chi connectivity index (χ1n) is 6.45. The maximum atomic E-state index is 10.3. The lowest BCUT2D eigenvalue weighted by atomic mass is 10.0. The fourth-order valence-corrected chi connectivity index (χ4v) is 2.74. The van der Waals surface area contributed by atoms with E-state index in [1.165, 1.54) is 0 Å². The van der Waals surface area contributed by atoms with Crippen molar-refractivity contribution in [1.29, 1.82) is 0 Å². The molecule has 0 aliphatic rings. The van der Waals surface area contributed by atoms with Gasteiger partial charge in [0.25, 0.3) is 0 Å². The summed E-state index contributed by atoms with van der Waals surface area (Å²) >= 11 is 9.55. The Labute approximate surface area is 132 Å². The number of ether oxygens (including phenoxy) is 1. The van der Waals surface area contributed by atoms with Crippen molar-refractivity contribution >= 4 is 27.5 Å². The van der Waals surface area contributed by atoms with Crippen LogP contribution in [0.1, 0.15) is 24.2 Å². The van der Waals surface area contributed by atoms with Crippen LogP contribution in [0.5, 0.6) is 5.75 Å². The number of hydrogen-bond acceptors (Lipinski definition) is 2. The molecule has 0 fully saturated rings. The van der Waals surface area contributed by atoms with E-state index in [1.807, 2.05) is 49.4 Å². The number of benzene rings is 2. The van der Waals surface area contributed by atoms with E-state index in [0.29, 0.717) is 18.1 Å². The Bertz CT molecular complexity index is 586. The largest absolute Gasteiger partial charge is 0.494 e. The second-order valence-electron chi connectivity index (χ2n) is 4.46. The highest BCUT2D eigenvalue weighted by molar-refractivity contribution is 9.10. The molecule has 0 saturated carbocycles. The third kappa shape index (κ3) is 3.98. The molecule has 1 atom stereocenters. The quantitative estimate of drug-likeness (QED) is 0.836. The molecule has 0 saturated heterocycles. The zero-order valence-electron chi connectivity index (χ0n) is 11.1. The predicted octanol–water partition coefficient (Wildman–Crippen LogP) is 4.78. The summed E-state index contributed by atoms with van der Waals surface area (Å²) in [6.45, 7) is 2.54. The van der Waals surface area contributed by atoms with Gasteiger partial charge in [0.05, 0.1) is 12.7 Å². The Morgan fingerprint density at radius 1 is 1.25 bits per heavy atom. The molecule has 20 heavy (non-hydrogen) atoms. The van der Waals surface area contributed by atoms with Crippen LogP contribution in [0.15, 0.2) is 46.9 Å². The van der Waals surface area contributed by atoms with Crippen LogP contribution in [0.25, 0.3) is 0 Å². The van der Waals surface area contributed by atoms with Gasteiger partial charge in [-0.1, -0.05) is 45.7 Å². The summed E-state index contributed by atoms with van der Waals surface area (Å²) in [4.78, 5) is 0. The molecule has 2 rings (SSSR count). The van der Waals surface area contributed by atoms with Gasteiger partial charge in [-0.2, -0.15) is 0 Å². The number of hydrogen-bond donors (Lipinski definition) is 1. The van der Waals surface area contributed by atoms with Crippen LogP contribution in [0.2, 0.25) is 5.02 Å². The van der Waals surface area contributed by atoms with Gasteiger partial charge in [-0.25, -0.2) is 0 Å². The van der Waals surface area contributed by atoms with E-state index >= 15 is 0 Å². The van der Waals surface area contributed by atoms with Gasteiger partial charge in [0.15, 0.2) is 0 Å². The number of rotatable bonds is 5. The van der Waals surface area contributed by atoms with Gasteiger partial charge in [-0.3, -0.25) is 0 Å². The van der Waals surface area contributed by atoms with Gasteiger partial charge in [0.1, 0.15) is 5.75 Å². The van der Waals surface area contributed by atoms with Crippen molar-refractivity contribution in [3.8, 4) is 5.75 Å². The van der Waals surface area contributed by atoms with Gasteiger partial charge >= 0.3 is 0 Å². The Balaban J connectivity index is 2.15. The molecule has 106 valence electrons. The molecular formula is C16H16BrClO2. The maximum Gasteiger partial charge on any atom is 0.119 e. The third-order valence-electron chi connectivity index (χ3n) is 2.98. The number of aliphatic hydroxyl groups is 1. The maximum absolute atomic E-state index is 10.3. The van der Waals surface area contributed by atoms with Gasteiger partial charge in [-0.05, 0) is 42.3 Å². The van der Waals surface area contributed by atoms with Gasteiger partial charge < -0.3 is 9.84 Å². The van der Waals surface area contributed by atoms with Crippen molar-refractivity contribution < 1.29 is 9.84 Å². The predicted molar refractivity (Wildman–Crippen MR) is 85.4 cm³/mol. The van der Waals surface area contributed by atoms with Crippen molar-refractivity contribution in [3.05, 3.63) is 63.1 Å². The van der Waals surface area contributed by atoms with Crippen molar-refractivity contribution in [3.63, 3.8) is 0 Å². The van der Waals surface area contributed by atoms with Crippen molar-refractivity contribution in [2.45, 2.75) is 19.4 Å². The van der Waals surface area contributed by atoms with Crippen LogP contribution in [0.3, 0.4) is 0 Å². The Morgan fingerprint density at radius 2 is 2.05 bits per heavy atom. The molecule has 0 heterocycles. The smallest absolute Gasteiger partial charge is 0.119 e. The second-order valence-corrected chi connectivity index (χ2v) is 5.78. The molecule has 0 spiro atoms. The molecule has 0 aromatic heterocycles. The summed E-state index contributed by atoms with van der Waals surface area (Å²) in [5, 5.41) is 11.0. The molecule has 0 bridgehead atoms. The highest BCUT2D eigenvalue weighted by Gasteiger charge is 2.12. The summed E-state index contributed by atoms with van der Waals surface area (Å²) < 4.78 is 6.37. The van der Waals surface area contributed by atoms with Crippen molar-refractivity contribution in [2.24, 2.45) is 0 Å². The summed E-state index contributed by atoms with van der Waals surface area (Å²) in [5.74, 6) is 0.769. The Kier molecular flexibility index (Phi) is 5.46. The SMILES string of the molecule is CCOc1cccc(C(O)Cc2ccc(Br)cc2Cl)c1. The lowest BCUT2D eigenvalue weighted by Gasteiger charge is -2.14. The molecule has 4 heteroatoms. The third-order valence-corrected chi connectivity index (χ3v) is 3.83. The van der Waals surface area contributed by atoms with Crippen LogP contribution in [0.4, 0.5) is 0 Å². The Hall–Kier alpha value is -1.03. The van der Waals surface area contributed by atoms with Crippen molar-refractivity contribution in [2.75, 3.05) is 6.61 Å². The molecule has 1 unspecified atom stereocenters. The minimum absolute atomic E-state index is 0.474. The summed E-state index contributed by atoms with van der Waals surface area (Å²) in [7, 11) is 0. The standard InChI is InChI=1S/C16H16BrClO2/c1-2-20-14-5-3-4-12(8-14)16(19)9-11-6-7-13(17)10-15(11)18/h3-8,10,16,19H,2,9H2,1H3. The molecular weight excluding hydrogens is 340 g/mol. The first-order valence-corrected chi connectivity index (χ1v) is 7.62. The van der Waals surface area contributed by atoms with Crippen molar-refractivity contribution in [1.82, 2.24) is 0 Å². The molecule has 2 aromatic rings. The van der Waals surface area contributed by atoms with E-state index in [2.05, 4.69) is 15.9 Å². The monoisotopic (exact) mass is 354 g/mol. The first-order chi connectivity index (χ1) is 9.60. The Morgan fingerprint density at radius 3 is 2.75 bits per heavy atom. The van der Waals surface area contributed by atoms with E-state index in [1.54, 1.807) is 0 Å². The number of aliphatic hydroxyl groups excluding tert-OH is 1. The minimum Gasteiger partial charge on any atom is -0.494 e. The fraction of sp³-hybridized carbons (Fsp3) is 0.250. The molecule has 0 aliphatic heterocycles. The zero-order valence-corrected chi connectivity index (χ0v) is 13.5. The van der Waals surface area contributed by atoms with E-state index in [0.717, 1.165) is 21.3 Å². The molecule has 2 aromatic carbocycles. The fourth-order valence-electron chi connectivity index (χ4n) is 1.99. The van der Waals surface area contributed by atoms with Crippen LogP contribution >= 0.6 is 27.5 Å². The van der Waals surface area contributed by atoms with Crippen LogP contribution in [0, 0.1) is 0 Å². The molecule has 0 amide bonds. The average Bonchev–Trinajstić information content (AvgIpc) is 2.42. The highest BCUT2D eigenvalue weighted by Crippen LogP contribution is 2.27. The molecule has 2 nitrogen and oxygen atoms in total. The van der Waals surface area contributed by atoms with E-state index < -0.39 is 6.10 Å². The summed E-state index contributed by atoms with van der Waals surface area (Å²) in [6.07, 6.45) is -0.129. The lowest BCUT2D eigenvalue weighted by Crippen LogP contribution is -2.03. The normalized spacial score (nSPS) is 12.2. The van der Waals surface area contributed by atoms with E-state index in [9.17, 15) is 5.11 Å². The summed E-state index contributed by atoms with van der Waals surface area (Å²) in [6, 6.07) is 13.2. The molecule has 0 aliphatic carbocycles. The van der Waals surface area contributed by atoms with Crippen LogP contribution < -0.4 is 4.74 Å². The van der Waals surface area contributed by atoms with Crippen LogP contribution in [-0.2, 0) is 6.42 Å². The average molecular weight is 356 g/mol. The lowest BCUT2D eigenvalue weighted by molar-refractivity contribution is 0.178. The van der Waals surface area contributed by atoms with E-state index in [4.69, 9.17) is 16.3 Å². The van der Waals surface area contributed by atoms with Gasteiger partial charge in [-0.15, -0.1) is 0 Å². The van der Waals surface area contributed by atoms with Gasteiger partial charge in [0.2, 0.25) is 0 Å². The topological polar surface area (TPSA) is 29.5 Å². The second kappa shape index (κ2) is 7.11. The summed E-state index contributed by atoms with van der Waals surface area (Å²) in [5.41, 5.74) is 1.75. The minimum atomic E-state index is -0.603. The first kappa shape index (κ1) is 15.4. The highest BCUT2D eigenvalue weighted by atomic mass is 79.9. The van der Waals surface area contributed by atoms with E-state index in [-0.39, 0.29) is 0 Å².